The molecule has 6 nitrogen and oxygen atoms in total. The molecular weight excluding hydrogens is 499 g/mol. The van der Waals surface area contributed by atoms with Crippen molar-refractivity contribution in [1.82, 2.24) is 10.3 Å². The Morgan fingerprint density at radius 1 is 1.16 bits per heavy atom. The van der Waals surface area contributed by atoms with Gasteiger partial charge in [0.15, 0.2) is 0 Å². The maximum absolute atomic E-state index is 13.2. The monoisotopic (exact) mass is 534 g/mol. The van der Waals surface area contributed by atoms with Gasteiger partial charge in [0.2, 0.25) is 0 Å². The number of aromatic nitrogens is 1. The van der Waals surface area contributed by atoms with Crippen LogP contribution < -0.4 is 24.2 Å². The van der Waals surface area contributed by atoms with Crippen LogP contribution in [-0.2, 0) is 28.2 Å². The number of carbonyl (C=O) groups is 2. The zero-order valence-corrected chi connectivity index (χ0v) is 24.1. The number of hydrogen-bond acceptors (Lipinski definition) is 6. The van der Waals surface area contributed by atoms with Crippen LogP contribution in [0.4, 0.5) is 0 Å². The van der Waals surface area contributed by atoms with E-state index in [0.717, 1.165) is 32.1 Å². The quantitative estimate of drug-likeness (QED) is 0.368. The number of hydrogen-bond donors (Lipinski definition) is 2. The van der Waals surface area contributed by atoms with E-state index in [2.05, 4.69) is 31.1 Å². The van der Waals surface area contributed by atoms with Crippen LogP contribution in [0, 0.1) is 6.92 Å². The number of thioether (sulfide) groups is 1. The van der Waals surface area contributed by atoms with Crippen LogP contribution in [0.1, 0.15) is 60.0 Å². The second-order valence-corrected chi connectivity index (χ2v) is 11.8. The molecule has 3 rings (SSSR count). The van der Waals surface area contributed by atoms with E-state index in [1.807, 2.05) is 55.8 Å². The number of ether oxygens (including phenoxy) is 1. The minimum absolute atomic E-state index is 0. The molecule has 0 saturated heterocycles. The molecule has 3 aromatic rings. The fourth-order valence-electron chi connectivity index (χ4n) is 3.70. The van der Waals surface area contributed by atoms with Crippen LogP contribution in [-0.4, -0.2) is 40.0 Å². The standard InChI is InChI=1S/C28H34N2O4S2.Li.H/c1-18-8-6-7-9-21(18)23-14-19(16-34-17-20-15-29-27(36-20)28(2,3)4)10-11-22(23)25(31)30-24(26(32)33)12-13-35-5;;/h6-11,14-15,24H,12-13,16-17H2,1-5H3,(H,30,31)(H,32,33);;/q;+1;-1/t24-;;/m0../s1. The first-order valence-corrected chi connectivity index (χ1v) is 14.1. The molecule has 0 unspecified atom stereocenters. The molecule has 2 N–H and O–H groups in total. The summed E-state index contributed by atoms with van der Waals surface area (Å²) >= 11 is 3.21. The Bertz CT molecular complexity index is 1210. The Morgan fingerprint density at radius 3 is 2.51 bits per heavy atom. The molecule has 1 atom stereocenters. The molecule has 0 aliphatic rings. The van der Waals surface area contributed by atoms with Crippen LogP contribution in [0.2, 0.25) is 0 Å². The molecule has 2 aromatic carbocycles. The molecule has 0 aliphatic carbocycles. The molecule has 1 amide bonds. The summed E-state index contributed by atoms with van der Waals surface area (Å²) in [5, 5.41) is 13.3. The van der Waals surface area contributed by atoms with E-state index in [4.69, 9.17) is 4.74 Å². The van der Waals surface area contributed by atoms with Gasteiger partial charge in [0.1, 0.15) is 6.04 Å². The van der Waals surface area contributed by atoms with Crippen LogP contribution in [0.3, 0.4) is 0 Å². The molecule has 0 saturated carbocycles. The zero-order valence-electron chi connectivity index (χ0n) is 23.5. The average Bonchev–Trinajstić information content (AvgIpc) is 3.31. The van der Waals surface area contributed by atoms with Gasteiger partial charge in [0.05, 0.1) is 23.1 Å². The van der Waals surface area contributed by atoms with Crippen LogP contribution in [0.5, 0.6) is 0 Å². The molecule has 0 fully saturated rings. The molecule has 37 heavy (non-hydrogen) atoms. The minimum atomic E-state index is -1.03. The number of amides is 1. The molecule has 1 heterocycles. The van der Waals surface area contributed by atoms with Crippen molar-refractivity contribution in [3.8, 4) is 11.1 Å². The predicted octanol–water partition coefficient (Wildman–Crippen LogP) is 3.19. The van der Waals surface area contributed by atoms with E-state index in [0.29, 0.717) is 31.0 Å². The molecule has 0 aliphatic heterocycles. The number of nitrogens with zero attached hydrogens (tertiary/aromatic N) is 1. The first-order chi connectivity index (χ1) is 17.1. The third-order valence-corrected chi connectivity index (χ3v) is 7.73. The number of aliphatic carboxylic acids is 1. The van der Waals surface area contributed by atoms with Gasteiger partial charge in [0.25, 0.3) is 5.91 Å². The van der Waals surface area contributed by atoms with E-state index in [1.165, 1.54) is 0 Å². The van der Waals surface area contributed by atoms with Gasteiger partial charge in [-0.2, -0.15) is 11.8 Å². The summed E-state index contributed by atoms with van der Waals surface area (Å²) in [5.74, 6) is -0.777. The van der Waals surface area contributed by atoms with E-state index in [-0.39, 0.29) is 25.7 Å². The fraction of sp³-hybridized carbons (Fsp3) is 0.393. The number of carboxylic acid groups (broad SMARTS) is 1. The number of carbonyl (C=O) groups excluding carboxylic acids is 1. The summed E-state index contributed by atoms with van der Waals surface area (Å²) in [6.07, 6.45) is 4.14. The predicted molar refractivity (Wildman–Crippen MR) is 149 cm³/mol. The molecule has 1 aromatic heterocycles. The van der Waals surface area contributed by atoms with Gasteiger partial charge in [-0.05, 0) is 59.7 Å². The Balaban J connectivity index is 0.00000361. The van der Waals surface area contributed by atoms with Crippen molar-refractivity contribution in [1.29, 1.82) is 0 Å². The minimum Gasteiger partial charge on any atom is -1.00 e. The van der Waals surface area contributed by atoms with Gasteiger partial charge < -0.3 is 16.6 Å². The summed E-state index contributed by atoms with van der Waals surface area (Å²) in [7, 11) is 0. The van der Waals surface area contributed by atoms with Gasteiger partial charge in [-0.3, -0.25) is 4.79 Å². The SMILES string of the molecule is CSCC[C@H](NC(=O)c1ccc(COCc2cnc(C(C)(C)C)s2)cc1-c1ccccc1C)C(=O)O.[H-].[Li+]. The van der Waals surface area contributed by atoms with Gasteiger partial charge in [-0.15, -0.1) is 11.3 Å². The number of carboxylic acids is 1. The van der Waals surface area contributed by atoms with Gasteiger partial charge in [-0.1, -0.05) is 51.1 Å². The summed E-state index contributed by atoms with van der Waals surface area (Å²) in [4.78, 5) is 30.5. The fourth-order valence-corrected chi connectivity index (χ4v) is 5.08. The average molecular weight is 535 g/mol. The molecular formula is C28H35LiN2O4S2. The molecule has 0 radical (unpaired) electrons. The second kappa shape index (κ2) is 14.2. The van der Waals surface area contributed by atoms with Crippen LogP contribution in [0.25, 0.3) is 11.1 Å². The van der Waals surface area contributed by atoms with E-state index in [1.54, 1.807) is 29.2 Å². The number of benzene rings is 2. The van der Waals surface area contributed by atoms with Crippen molar-refractivity contribution in [2.75, 3.05) is 12.0 Å². The number of rotatable bonds is 11. The van der Waals surface area contributed by atoms with E-state index in [9.17, 15) is 14.7 Å². The molecule has 0 bridgehead atoms. The second-order valence-electron chi connectivity index (χ2n) is 9.72. The van der Waals surface area contributed by atoms with Crippen LogP contribution in [0.15, 0.2) is 48.7 Å². The van der Waals surface area contributed by atoms with Crippen LogP contribution >= 0.6 is 23.1 Å². The van der Waals surface area contributed by atoms with Crippen molar-refractivity contribution >= 4 is 35.0 Å². The Labute approximate surface area is 241 Å². The zero-order chi connectivity index (χ0) is 26.3. The van der Waals surface area contributed by atoms with Crippen molar-refractivity contribution in [2.45, 2.75) is 58.8 Å². The van der Waals surface area contributed by atoms with Gasteiger partial charge in [0, 0.05) is 17.2 Å². The summed E-state index contributed by atoms with van der Waals surface area (Å²) in [5.41, 5.74) is 4.10. The molecule has 9 heteroatoms. The van der Waals surface area contributed by atoms with Crippen molar-refractivity contribution in [3.05, 3.63) is 75.2 Å². The molecule has 194 valence electrons. The summed E-state index contributed by atoms with van der Waals surface area (Å²) in [6.45, 7) is 9.27. The third-order valence-electron chi connectivity index (χ3n) is 5.69. The van der Waals surface area contributed by atoms with Crippen molar-refractivity contribution in [2.24, 2.45) is 0 Å². The largest absolute Gasteiger partial charge is 1.00 e. The van der Waals surface area contributed by atoms with Gasteiger partial charge >= 0.3 is 24.8 Å². The Kier molecular flexibility index (Phi) is 11.9. The maximum Gasteiger partial charge on any atom is 1.00 e. The number of nitrogens with one attached hydrogen (secondary N) is 1. The number of thiazole rings is 1. The number of aryl methyl sites for hydroxylation is 1. The Morgan fingerprint density at radius 2 is 1.89 bits per heavy atom. The first kappa shape index (κ1) is 31.1. The van der Waals surface area contributed by atoms with E-state index < -0.39 is 17.9 Å². The third kappa shape index (κ3) is 8.73. The summed E-state index contributed by atoms with van der Waals surface area (Å²) < 4.78 is 5.98. The summed E-state index contributed by atoms with van der Waals surface area (Å²) in [6, 6.07) is 12.5. The van der Waals surface area contributed by atoms with Crippen molar-refractivity contribution in [3.63, 3.8) is 0 Å². The topological polar surface area (TPSA) is 88.5 Å². The maximum atomic E-state index is 13.2. The molecule has 0 spiro atoms. The normalized spacial score (nSPS) is 12.0. The van der Waals surface area contributed by atoms with Gasteiger partial charge in [-0.25, -0.2) is 9.78 Å². The Hall–Kier alpha value is -2.08. The first-order valence-electron chi connectivity index (χ1n) is 11.8. The van der Waals surface area contributed by atoms with E-state index >= 15 is 0 Å². The van der Waals surface area contributed by atoms with Crippen molar-refractivity contribution < 1.29 is 39.7 Å². The smallest absolute Gasteiger partial charge is 1.00 e.